The molecule has 1 spiro atoms. The monoisotopic (exact) mass is 361 g/mol. The molecule has 1 amide bonds. The zero-order valence-electron chi connectivity index (χ0n) is 15.5. The fourth-order valence-electron chi connectivity index (χ4n) is 4.51. The SMILES string of the molecule is Cc1ccc(C(=O)N2CCC3(CC2)OCCc2c3[nH]c3ccccc23)cn1. The van der Waals surface area contributed by atoms with Gasteiger partial charge in [0.2, 0.25) is 0 Å². The summed E-state index contributed by atoms with van der Waals surface area (Å²) in [5, 5.41) is 1.31. The molecule has 0 atom stereocenters. The van der Waals surface area contributed by atoms with Crippen LogP contribution in [0.4, 0.5) is 0 Å². The summed E-state index contributed by atoms with van der Waals surface area (Å²) in [4.78, 5) is 22.6. The van der Waals surface area contributed by atoms with E-state index in [1.165, 1.54) is 22.2 Å². The molecule has 2 aliphatic heterocycles. The van der Waals surface area contributed by atoms with Crippen LogP contribution in [0, 0.1) is 6.92 Å². The van der Waals surface area contributed by atoms with Gasteiger partial charge in [-0.2, -0.15) is 0 Å². The van der Waals surface area contributed by atoms with Crippen molar-refractivity contribution in [2.45, 2.75) is 31.8 Å². The van der Waals surface area contributed by atoms with Crippen LogP contribution in [0.3, 0.4) is 0 Å². The van der Waals surface area contributed by atoms with Gasteiger partial charge in [0.15, 0.2) is 0 Å². The van der Waals surface area contributed by atoms with Crippen molar-refractivity contribution in [1.29, 1.82) is 0 Å². The molecule has 5 nitrogen and oxygen atoms in total. The predicted molar refractivity (Wildman–Crippen MR) is 104 cm³/mol. The quantitative estimate of drug-likeness (QED) is 0.721. The number of amides is 1. The van der Waals surface area contributed by atoms with E-state index in [-0.39, 0.29) is 11.5 Å². The first-order valence-electron chi connectivity index (χ1n) is 9.62. The maximum Gasteiger partial charge on any atom is 0.255 e. The maximum atomic E-state index is 12.8. The molecule has 3 aromatic rings. The number of ether oxygens (including phenoxy) is 1. The summed E-state index contributed by atoms with van der Waals surface area (Å²) in [5.74, 6) is 0.0602. The number of likely N-dealkylation sites (tertiary alicyclic amines) is 1. The Morgan fingerprint density at radius 1 is 1.19 bits per heavy atom. The van der Waals surface area contributed by atoms with Gasteiger partial charge in [0.05, 0.1) is 17.9 Å². The molecule has 0 radical (unpaired) electrons. The molecule has 0 unspecified atom stereocenters. The van der Waals surface area contributed by atoms with Crippen molar-refractivity contribution in [3.8, 4) is 0 Å². The van der Waals surface area contributed by atoms with Gasteiger partial charge >= 0.3 is 0 Å². The lowest BCUT2D eigenvalue weighted by Gasteiger charge is -2.43. The molecule has 1 aromatic carbocycles. The third-order valence-electron chi connectivity index (χ3n) is 6.02. The van der Waals surface area contributed by atoms with Crippen LogP contribution in [-0.2, 0) is 16.8 Å². The highest BCUT2D eigenvalue weighted by Crippen LogP contribution is 2.43. The number of para-hydroxylation sites is 1. The zero-order chi connectivity index (χ0) is 18.4. The van der Waals surface area contributed by atoms with E-state index in [1.807, 2.05) is 24.0 Å². The number of nitrogens with one attached hydrogen (secondary N) is 1. The number of aromatic nitrogens is 2. The molecular weight excluding hydrogens is 338 g/mol. The van der Waals surface area contributed by atoms with Crippen LogP contribution in [0.1, 0.15) is 40.2 Å². The number of nitrogens with zero attached hydrogens (tertiary/aromatic N) is 2. The number of pyridine rings is 1. The molecular formula is C22H23N3O2. The number of fused-ring (bicyclic) bond motifs is 4. The van der Waals surface area contributed by atoms with Crippen molar-refractivity contribution in [3.63, 3.8) is 0 Å². The van der Waals surface area contributed by atoms with Gasteiger partial charge in [-0.3, -0.25) is 9.78 Å². The number of carbonyl (C=O) groups is 1. The molecule has 2 aliphatic rings. The van der Waals surface area contributed by atoms with Gasteiger partial charge in [0.1, 0.15) is 5.60 Å². The van der Waals surface area contributed by atoms with Crippen LogP contribution in [0.15, 0.2) is 42.6 Å². The molecule has 5 rings (SSSR count). The van der Waals surface area contributed by atoms with E-state index in [1.54, 1.807) is 6.20 Å². The van der Waals surface area contributed by atoms with Gasteiger partial charge in [-0.05, 0) is 49.9 Å². The standard InChI is InChI=1S/C22H23N3O2/c1-15-6-7-16(14-23-15)21(26)25-11-9-22(10-12-25)20-18(8-13-27-22)17-4-2-3-5-19(17)24-20/h2-7,14,24H,8-13H2,1H3. The van der Waals surface area contributed by atoms with Crippen LogP contribution in [-0.4, -0.2) is 40.5 Å². The molecule has 5 heteroatoms. The Morgan fingerprint density at radius 3 is 2.78 bits per heavy atom. The fourth-order valence-corrected chi connectivity index (χ4v) is 4.51. The van der Waals surface area contributed by atoms with E-state index in [0.29, 0.717) is 18.7 Å². The van der Waals surface area contributed by atoms with Gasteiger partial charge < -0.3 is 14.6 Å². The Kier molecular flexibility index (Phi) is 3.79. The van der Waals surface area contributed by atoms with Crippen molar-refractivity contribution in [2.75, 3.05) is 19.7 Å². The topological polar surface area (TPSA) is 58.2 Å². The number of carbonyl (C=O) groups excluding carboxylic acids is 1. The van der Waals surface area contributed by atoms with Crippen molar-refractivity contribution < 1.29 is 9.53 Å². The lowest BCUT2D eigenvalue weighted by atomic mass is 9.83. The van der Waals surface area contributed by atoms with Gasteiger partial charge in [-0.15, -0.1) is 0 Å². The highest BCUT2D eigenvalue weighted by atomic mass is 16.5. The average molecular weight is 361 g/mol. The number of benzene rings is 1. The van der Waals surface area contributed by atoms with Crippen molar-refractivity contribution in [2.24, 2.45) is 0 Å². The van der Waals surface area contributed by atoms with Crippen LogP contribution >= 0.6 is 0 Å². The first-order chi connectivity index (χ1) is 13.2. The number of rotatable bonds is 1. The molecule has 27 heavy (non-hydrogen) atoms. The largest absolute Gasteiger partial charge is 0.368 e. The molecule has 138 valence electrons. The van der Waals surface area contributed by atoms with Crippen molar-refractivity contribution in [3.05, 3.63) is 65.1 Å². The highest BCUT2D eigenvalue weighted by Gasteiger charge is 2.43. The Balaban J connectivity index is 1.40. The van der Waals surface area contributed by atoms with E-state index >= 15 is 0 Å². The predicted octanol–water partition coefficient (Wildman–Crippen LogP) is 3.58. The second-order valence-corrected chi connectivity index (χ2v) is 7.60. The lowest BCUT2D eigenvalue weighted by Crippen LogP contribution is -2.48. The summed E-state index contributed by atoms with van der Waals surface area (Å²) < 4.78 is 6.33. The second-order valence-electron chi connectivity index (χ2n) is 7.60. The average Bonchev–Trinajstić information content (AvgIpc) is 3.09. The number of hydrogen-bond donors (Lipinski definition) is 1. The van der Waals surface area contributed by atoms with Crippen molar-refractivity contribution in [1.82, 2.24) is 14.9 Å². The molecule has 1 N–H and O–H groups in total. The molecule has 4 heterocycles. The van der Waals surface area contributed by atoms with Gasteiger partial charge in [-0.25, -0.2) is 0 Å². The second kappa shape index (κ2) is 6.20. The Bertz CT molecular complexity index is 998. The molecule has 0 saturated carbocycles. The lowest BCUT2D eigenvalue weighted by molar-refractivity contribution is -0.0957. The third-order valence-corrected chi connectivity index (χ3v) is 6.02. The minimum Gasteiger partial charge on any atom is -0.368 e. The van der Waals surface area contributed by atoms with Gasteiger partial charge in [0, 0.05) is 35.9 Å². The highest BCUT2D eigenvalue weighted by molar-refractivity contribution is 5.94. The van der Waals surface area contributed by atoms with E-state index in [9.17, 15) is 4.79 Å². The van der Waals surface area contributed by atoms with E-state index < -0.39 is 0 Å². The molecule has 1 saturated heterocycles. The minimum absolute atomic E-state index is 0.0602. The number of H-pyrrole nitrogens is 1. The summed E-state index contributed by atoms with van der Waals surface area (Å²) in [7, 11) is 0. The third kappa shape index (κ3) is 2.65. The Labute approximate surface area is 158 Å². The summed E-state index contributed by atoms with van der Waals surface area (Å²) >= 11 is 0. The molecule has 2 aromatic heterocycles. The fraction of sp³-hybridized carbons (Fsp3) is 0.364. The Morgan fingerprint density at radius 2 is 2.00 bits per heavy atom. The smallest absolute Gasteiger partial charge is 0.255 e. The number of aromatic amines is 1. The van der Waals surface area contributed by atoms with Crippen LogP contribution < -0.4 is 0 Å². The molecule has 0 bridgehead atoms. The van der Waals surface area contributed by atoms with Gasteiger partial charge in [0.25, 0.3) is 5.91 Å². The number of aryl methyl sites for hydroxylation is 1. The summed E-state index contributed by atoms with van der Waals surface area (Å²) in [5.41, 5.74) is 5.07. The minimum atomic E-state index is -0.297. The number of piperidine rings is 1. The van der Waals surface area contributed by atoms with Crippen molar-refractivity contribution >= 4 is 16.8 Å². The van der Waals surface area contributed by atoms with Gasteiger partial charge in [-0.1, -0.05) is 18.2 Å². The summed E-state index contributed by atoms with van der Waals surface area (Å²) in [6, 6.07) is 12.2. The first kappa shape index (κ1) is 16.5. The van der Waals surface area contributed by atoms with Crippen LogP contribution in [0.25, 0.3) is 10.9 Å². The summed E-state index contributed by atoms with van der Waals surface area (Å²) in [6.45, 7) is 4.06. The normalized spacial score (nSPS) is 18.6. The van der Waals surface area contributed by atoms with E-state index in [0.717, 1.165) is 31.6 Å². The molecule has 1 fully saturated rings. The molecule has 0 aliphatic carbocycles. The zero-order valence-corrected chi connectivity index (χ0v) is 15.5. The Hall–Kier alpha value is -2.66. The van der Waals surface area contributed by atoms with Crippen LogP contribution in [0.5, 0.6) is 0 Å². The maximum absolute atomic E-state index is 12.8. The number of hydrogen-bond acceptors (Lipinski definition) is 3. The van der Waals surface area contributed by atoms with Crippen LogP contribution in [0.2, 0.25) is 0 Å². The van der Waals surface area contributed by atoms with E-state index in [2.05, 4.69) is 34.2 Å². The van der Waals surface area contributed by atoms with E-state index in [4.69, 9.17) is 4.74 Å². The first-order valence-corrected chi connectivity index (χ1v) is 9.62. The summed E-state index contributed by atoms with van der Waals surface area (Å²) in [6.07, 6.45) is 4.25.